The topological polar surface area (TPSA) is 46.6 Å². The molecule has 4 aromatic carbocycles. The van der Waals surface area contributed by atoms with Crippen molar-refractivity contribution in [3.8, 4) is 0 Å². The summed E-state index contributed by atoms with van der Waals surface area (Å²) in [7, 11) is -4.02. The quantitative estimate of drug-likeness (QED) is 0.248. The second kappa shape index (κ2) is 9.02. The molecule has 0 radical (unpaired) electrons. The molecule has 4 nitrogen and oxygen atoms in total. The molecule has 0 saturated heterocycles. The van der Waals surface area contributed by atoms with Gasteiger partial charge in [-0.25, -0.2) is 4.84 Å². The summed E-state index contributed by atoms with van der Waals surface area (Å²) in [4.78, 5) is 6.79. The number of benzene rings is 4. The van der Waals surface area contributed by atoms with Gasteiger partial charge in [0, 0.05) is 5.56 Å². The van der Waals surface area contributed by atoms with Crippen molar-refractivity contribution in [3.63, 3.8) is 0 Å². The Kier molecular flexibility index (Phi) is 6.06. The van der Waals surface area contributed by atoms with Crippen molar-refractivity contribution in [1.82, 2.24) is 4.47 Å². The first-order chi connectivity index (χ1) is 16.4. The smallest absolute Gasteiger partial charge is 0.237 e. The Morgan fingerprint density at radius 2 is 1.18 bits per heavy atom. The van der Waals surface area contributed by atoms with E-state index in [0.717, 1.165) is 30.3 Å². The first-order valence-electron chi connectivity index (χ1n) is 10.8. The molecule has 0 bridgehead atoms. The van der Waals surface area contributed by atoms with Gasteiger partial charge in [0.1, 0.15) is 5.70 Å². The summed E-state index contributed by atoms with van der Waals surface area (Å²) in [5.41, 5.74) is 2.83. The maximum Gasteiger partial charge on any atom is 0.286 e. The van der Waals surface area contributed by atoms with Gasteiger partial charge in [-0.15, -0.1) is 4.47 Å². The largest absolute Gasteiger partial charge is 0.286 e. The number of hydroxylamine groups is 1. The van der Waals surface area contributed by atoms with Gasteiger partial charge in [-0.2, -0.15) is 8.42 Å². The first-order valence-corrected chi connectivity index (χ1v) is 13.3. The maximum absolute atomic E-state index is 14.0. The van der Waals surface area contributed by atoms with Gasteiger partial charge in [-0.05, 0) is 52.8 Å². The van der Waals surface area contributed by atoms with Crippen LogP contribution in [0.1, 0.15) is 22.3 Å². The first kappa shape index (κ1) is 22.8. The highest BCUT2D eigenvalue weighted by Gasteiger charge is 2.52. The van der Waals surface area contributed by atoms with Crippen molar-refractivity contribution in [2.75, 3.05) is 0 Å². The average molecular weight is 579 g/mol. The van der Waals surface area contributed by atoms with Crippen LogP contribution in [0.4, 0.5) is 0 Å². The van der Waals surface area contributed by atoms with Crippen LogP contribution in [0.2, 0.25) is 0 Å². The Hall–Kier alpha value is -2.94. The molecule has 0 aliphatic carbocycles. The third kappa shape index (κ3) is 3.76. The van der Waals surface area contributed by atoms with Gasteiger partial charge in [0.05, 0.1) is 8.48 Å². The summed E-state index contributed by atoms with van der Waals surface area (Å²) in [5.74, 6) is 0. The number of hydrogen-bond donors (Lipinski definition) is 0. The van der Waals surface area contributed by atoms with Crippen LogP contribution in [0.25, 0.3) is 5.70 Å². The van der Waals surface area contributed by atoms with Crippen molar-refractivity contribution in [2.45, 2.75) is 17.4 Å². The lowest BCUT2D eigenvalue weighted by Crippen LogP contribution is -2.35. The summed E-state index contributed by atoms with van der Waals surface area (Å²) in [5, 5.41) is 0. The van der Waals surface area contributed by atoms with Gasteiger partial charge < -0.3 is 0 Å². The molecule has 1 aliphatic heterocycles. The van der Waals surface area contributed by atoms with E-state index in [2.05, 4.69) is 22.6 Å². The van der Waals surface area contributed by atoms with Crippen molar-refractivity contribution < 1.29 is 13.3 Å². The molecule has 5 rings (SSSR count). The molecule has 0 N–H and O–H groups in total. The zero-order valence-corrected chi connectivity index (χ0v) is 21.4. The summed E-state index contributed by atoms with van der Waals surface area (Å²) < 4.78 is 29.9. The molecule has 0 amide bonds. The van der Waals surface area contributed by atoms with Crippen molar-refractivity contribution in [1.29, 1.82) is 0 Å². The van der Waals surface area contributed by atoms with Crippen LogP contribution in [0, 0.1) is 6.92 Å². The van der Waals surface area contributed by atoms with Gasteiger partial charge in [-0.1, -0.05) is 109 Å². The van der Waals surface area contributed by atoms with E-state index in [1.54, 1.807) is 24.3 Å². The van der Waals surface area contributed by atoms with E-state index in [4.69, 9.17) is 4.84 Å². The van der Waals surface area contributed by atoms with Gasteiger partial charge in [0.2, 0.25) is 0 Å². The molecular weight excluding hydrogens is 557 g/mol. The van der Waals surface area contributed by atoms with Crippen LogP contribution < -0.4 is 0 Å². The monoisotopic (exact) mass is 579 g/mol. The molecule has 34 heavy (non-hydrogen) atoms. The lowest BCUT2D eigenvalue weighted by atomic mass is 9.85. The van der Waals surface area contributed by atoms with E-state index >= 15 is 0 Å². The van der Waals surface area contributed by atoms with E-state index < -0.39 is 15.6 Å². The van der Waals surface area contributed by atoms with E-state index in [0.29, 0.717) is 5.70 Å². The fourth-order valence-corrected chi connectivity index (χ4v) is 6.87. The Bertz CT molecular complexity index is 1400. The lowest BCUT2D eigenvalue weighted by Gasteiger charge is -2.31. The second-order valence-electron chi connectivity index (χ2n) is 8.08. The SMILES string of the molecule is Cc1ccc(S(=O)(=O)N2OC(c3ccccc3)(c3ccccc3)C(I)=C2c2ccccc2)cc1. The Morgan fingerprint density at radius 1 is 0.706 bits per heavy atom. The molecule has 170 valence electrons. The fraction of sp³-hybridized carbons (Fsp3) is 0.0714. The molecule has 1 aliphatic rings. The fourth-order valence-electron chi connectivity index (χ4n) is 4.13. The highest BCUT2D eigenvalue weighted by Crippen LogP contribution is 2.54. The normalized spacial score (nSPS) is 15.5. The second-order valence-corrected chi connectivity index (χ2v) is 10.9. The van der Waals surface area contributed by atoms with Gasteiger partial charge in [0.15, 0.2) is 5.60 Å². The van der Waals surface area contributed by atoms with E-state index in [9.17, 15) is 8.42 Å². The standard InChI is InChI=1S/C28H22INO3S/c1-21-17-19-25(20-18-21)34(31,32)30-26(22-11-5-2-6-12-22)27(29)28(33-30,23-13-7-3-8-14-23)24-15-9-4-10-16-24/h2-20H,1H3. The summed E-state index contributed by atoms with van der Waals surface area (Å²) in [6, 6.07) is 35.8. The van der Waals surface area contributed by atoms with Gasteiger partial charge >= 0.3 is 0 Å². The molecule has 0 saturated carbocycles. The molecule has 0 aromatic heterocycles. The molecule has 4 aromatic rings. The predicted octanol–water partition coefficient (Wildman–Crippen LogP) is 6.68. The number of hydrogen-bond acceptors (Lipinski definition) is 3. The number of halogens is 1. The Morgan fingerprint density at radius 3 is 1.68 bits per heavy atom. The van der Waals surface area contributed by atoms with E-state index in [1.165, 1.54) is 0 Å². The van der Waals surface area contributed by atoms with Crippen LogP contribution in [0.3, 0.4) is 0 Å². The number of sulfonamides is 1. The van der Waals surface area contributed by atoms with Crippen molar-refractivity contribution >= 4 is 38.3 Å². The molecule has 0 fully saturated rings. The van der Waals surface area contributed by atoms with Crippen molar-refractivity contribution in [2.24, 2.45) is 0 Å². The minimum Gasteiger partial charge on any atom is -0.237 e. The third-order valence-electron chi connectivity index (χ3n) is 5.86. The number of aryl methyl sites for hydroxylation is 1. The highest BCUT2D eigenvalue weighted by atomic mass is 127. The van der Waals surface area contributed by atoms with Crippen molar-refractivity contribution in [3.05, 3.63) is 141 Å². The zero-order valence-electron chi connectivity index (χ0n) is 18.4. The van der Waals surface area contributed by atoms with Crippen LogP contribution in [0.15, 0.2) is 124 Å². The summed E-state index contributed by atoms with van der Waals surface area (Å²) in [6.07, 6.45) is 0. The van der Waals surface area contributed by atoms with E-state index in [1.807, 2.05) is 97.9 Å². The van der Waals surface area contributed by atoms with Gasteiger partial charge in [0.25, 0.3) is 10.0 Å². The number of nitrogens with zero attached hydrogens (tertiary/aromatic N) is 1. The zero-order chi connectivity index (χ0) is 23.8. The van der Waals surface area contributed by atoms with E-state index in [-0.39, 0.29) is 4.90 Å². The Labute approximate surface area is 213 Å². The third-order valence-corrected chi connectivity index (χ3v) is 8.70. The number of rotatable bonds is 5. The van der Waals surface area contributed by atoms with Crippen LogP contribution in [-0.2, 0) is 20.5 Å². The maximum atomic E-state index is 14.0. The van der Waals surface area contributed by atoms with Crippen LogP contribution in [-0.4, -0.2) is 12.9 Å². The average Bonchev–Trinajstić information content (AvgIpc) is 3.20. The molecule has 1 heterocycles. The summed E-state index contributed by atoms with van der Waals surface area (Å²) >= 11 is 2.25. The summed E-state index contributed by atoms with van der Waals surface area (Å²) in [6.45, 7) is 1.93. The Balaban J connectivity index is 1.80. The van der Waals surface area contributed by atoms with Gasteiger partial charge in [-0.3, -0.25) is 0 Å². The minimum absolute atomic E-state index is 0.174. The molecule has 0 unspecified atom stereocenters. The molecule has 6 heteroatoms. The molecule has 0 atom stereocenters. The molecule has 0 spiro atoms. The lowest BCUT2D eigenvalue weighted by molar-refractivity contribution is -0.103. The minimum atomic E-state index is -4.02. The predicted molar refractivity (Wildman–Crippen MR) is 142 cm³/mol. The highest BCUT2D eigenvalue weighted by molar-refractivity contribution is 14.1. The molecular formula is C28H22INO3S. The van der Waals surface area contributed by atoms with Crippen LogP contribution in [0.5, 0.6) is 0 Å². The van der Waals surface area contributed by atoms with Crippen LogP contribution >= 0.6 is 22.6 Å².